The van der Waals surface area contributed by atoms with E-state index >= 15 is 0 Å². The maximum atomic E-state index is 10.1. The standard InChI is InChI=1S/C11H13BrN2OS/c1-7-5-9(16-11(7)12)8(15)6-10-13-3-4-14(10)2/h3-5,8,15H,6H2,1-2H3. The van der Waals surface area contributed by atoms with E-state index in [0.717, 1.165) is 14.5 Å². The predicted molar refractivity (Wildman–Crippen MR) is 68.6 cm³/mol. The molecule has 1 N–H and O–H groups in total. The van der Waals surface area contributed by atoms with Crippen molar-refractivity contribution < 1.29 is 5.11 Å². The molecule has 5 heteroatoms. The number of imidazole rings is 1. The zero-order valence-corrected chi connectivity index (χ0v) is 11.5. The minimum absolute atomic E-state index is 0.476. The molecule has 0 fully saturated rings. The number of aliphatic hydroxyl groups is 1. The van der Waals surface area contributed by atoms with Gasteiger partial charge in [-0.15, -0.1) is 11.3 Å². The van der Waals surface area contributed by atoms with Crippen molar-refractivity contribution in [2.75, 3.05) is 0 Å². The van der Waals surface area contributed by atoms with Gasteiger partial charge in [-0.05, 0) is 34.5 Å². The van der Waals surface area contributed by atoms with Gasteiger partial charge >= 0.3 is 0 Å². The van der Waals surface area contributed by atoms with Gasteiger partial charge in [0.25, 0.3) is 0 Å². The summed E-state index contributed by atoms with van der Waals surface area (Å²) in [6.45, 7) is 2.03. The second-order valence-electron chi connectivity index (χ2n) is 3.78. The Kier molecular flexibility index (Phi) is 3.47. The van der Waals surface area contributed by atoms with Crippen LogP contribution in [0.1, 0.15) is 22.4 Å². The molecule has 0 radical (unpaired) electrons. The number of aryl methyl sites for hydroxylation is 2. The topological polar surface area (TPSA) is 38.1 Å². The summed E-state index contributed by atoms with van der Waals surface area (Å²) in [5, 5.41) is 10.1. The fraction of sp³-hybridized carbons (Fsp3) is 0.364. The number of nitrogens with zero attached hydrogens (tertiary/aromatic N) is 2. The number of thiophene rings is 1. The molecule has 0 saturated heterocycles. The van der Waals surface area contributed by atoms with Gasteiger partial charge in [-0.3, -0.25) is 0 Å². The maximum absolute atomic E-state index is 10.1. The first-order valence-corrected chi connectivity index (χ1v) is 6.59. The van der Waals surface area contributed by atoms with Gasteiger partial charge in [0.1, 0.15) is 5.82 Å². The summed E-state index contributed by atoms with van der Waals surface area (Å²) in [6, 6.07) is 2.02. The molecule has 16 heavy (non-hydrogen) atoms. The Labute approximate surface area is 107 Å². The van der Waals surface area contributed by atoms with Gasteiger partial charge in [-0.1, -0.05) is 0 Å². The van der Waals surface area contributed by atoms with Crippen molar-refractivity contribution in [3.05, 3.63) is 38.5 Å². The molecule has 86 valence electrons. The van der Waals surface area contributed by atoms with E-state index in [9.17, 15) is 5.11 Å². The minimum Gasteiger partial charge on any atom is -0.387 e. The lowest BCUT2D eigenvalue weighted by molar-refractivity contribution is 0.178. The summed E-state index contributed by atoms with van der Waals surface area (Å²) in [5.74, 6) is 0.898. The van der Waals surface area contributed by atoms with Crippen LogP contribution < -0.4 is 0 Å². The Morgan fingerprint density at radius 1 is 1.62 bits per heavy atom. The molecule has 0 aliphatic heterocycles. The third kappa shape index (κ3) is 2.36. The highest BCUT2D eigenvalue weighted by atomic mass is 79.9. The van der Waals surface area contributed by atoms with Gasteiger partial charge in [-0.2, -0.15) is 0 Å². The lowest BCUT2D eigenvalue weighted by Crippen LogP contribution is -2.05. The van der Waals surface area contributed by atoms with Crippen molar-refractivity contribution in [3.63, 3.8) is 0 Å². The van der Waals surface area contributed by atoms with E-state index in [0.29, 0.717) is 6.42 Å². The number of hydrogen-bond acceptors (Lipinski definition) is 3. The summed E-state index contributed by atoms with van der Waals surface area (Å²) in [6.07, 6.45) is 3.71. The molecule has 0 aromatic carbocycles. The molecule has 0 aliphatic carbocycles. The smallest absolute Gasteiger partial charge is 0.111 e. The summed E-state index contributed by atoms with van der Waals surface area (Å²) in [7, 11) is 1.94. The molecule has 2 aromatic heterocycles. The number of aromatic nitrogens is 2. The van der Waals surface area contributed by atoms with Crippen molar-refractivity contribution in [1.82, 2.24) is 9.55 Å². The lowest BCUT2D eigenvalue weighted by Gasteiger charge is -2.07. The fourth-order valence-corrected chi connectivity index (χ4v) is 3.07. The van der Waals surface area contributed by atoms with Crippen LogP contribution >= 0.6 is 27.3 Å². The van der Waals surface area contributed by atoms with Crippen LogP contribution in [0.2, 0.25) is 0 Å². The third-order valence-electron chi connectivity index (χ3n) is 2.50. The van der Waals surface area contributed by atoms with E-state index in [2.05, 4.69) is 20.9 Å². The van der Waals surface area contributed by atoms with Crippen LogP contribution in [0.3, 0.4) is 0 Å². The van der Waals surface area contributed by atoms with Crippen molar-refractivity contribution in [2.24, 2.45) is 7.05 Å². The Morgan fingerprint density at radius 3 is 2.88 bits per heavy atom. The first-order chi connectivity index (χ1) is 7.58. The van der Waals surface area contributed by atoms with Gasteiger partial charge < -0.3 is 9.67 Å². The predicted octanol–water partition coefficient (Wildman–Crippen LogP) is 2.83. The molecule has 1 atom stereocenters. The number of hydrogen-bond donors (Lipinski definition) is 1. The normalized spacial score (nSPS) is 13.0. The third-order valence-corrected chi connectivity index (χ3v) is 4.74. The van der Waals surface area contributed by atoms with Crippen molar-refractivity contribution >= 4 is 27.3 Å². The highest BCUT2D eigenvalue weighted by Crippen LogP contribution is 2.32. The lowest BCUT2D eigenvalue weighted by atomic mass is 10.2. The maximum Gasteiger partial charge on any atom is 0.111 e. The van der Waals surface area contributed by atoms with Gasteiger partial charge in [-0.25, -0.2) is 4.98 Å². The van der Waals surface area contributed by atoms with Crippen molar-refractivity contribution in [2.45, 2.75) is 19.4 Å². The molecule has 1 unspecified atom stereocenters. The summed E-state index contributed by atoms with van der Waals surface area (Å²) in [5.41, 5.74) is 1.17. The van der Waals surface area contributed by atoms with Crippen LogP contribution in [0.25, 0.3) is 0 Å². The summed E-state index contributed by atoms with van der Waals surface area (Å²) >= 11 is 5.04. The summed E-state index contributed by atoms with van der Waals surface area (Å²) in [4.78, 5) is 5.19. The molecular weight excluding hydrogens is 288 g/mol. The van der Waals surface area contributed by atoms with E-state index in [1.165, 1.54) is 5.56 Å². The van der Waals surface area contributed by atoms with Crippen LogP contribution in [0, 0.1) is 6.92 Å². The van der Waals surface area contributed by atoms with Gasteiger partial charge in [0.15, 0.2) is 0 Å². The van der Waals surface area contributed by atoms with Gasteiger partial charge in [0.05, 0.1) is 9.89 Å². The first kappa shape index (κ1) is 11.8. The zero-order chi connectivity index (χ0) is 11.7. The number of halogens is 1. The van der Waals surface area contributed by atoms with E-state index < -0.39 is 6.10 Å². The molecule has 0 bridgehead atoms. The van der Waals surface area contributed by atoms with Gasteiger partial charge in [0, 0.05) is 30.7 Å². The minimum atomic E-state index is -0.476. The van der Waals surface area contributed by atoms with Crippen LogP contribution in [-0.4, -0.2) is 14.7 Å². The largest absolute Gasteiger partial charge is 0.387 e. The fourth-order valence-electron chi connectivity index (χ4n) is 1.51. The van der Waals surface area contributed by atoms with Crippen LogP contribution in [0.5, 0.6) is 0 Å². The van der Waals surface area contributed by atoms with Crippen LogP contribution in [0.15, 0.2) is 22.2 Å². The molecule has 0 aliphatic rings. The Balaban J connectivity index is 2.14. The molecule has 0 saturated carbocycles. The Morgan fingerprint density at radius 2 is 2.38 bits per heavy atom. The molecule has 2 heterocycles. The summed E-state index contributed by atoms with van der Waals surface area (Å²) < 4.78 is 3.01. The quantitative estimate of drug-likeness (QED) is 0.946. The average Bonchev–Trinajstić information content (AvgIpc) is 2.76. The molecular formula is C11H13BrN2OS. The second-order valence-corrected chi connectivity index (χ2v) is 6.18. The van der Waals surface area contributed by atoms with E-state index in [1.807, 2.05) is 30.8 Å². The van der Waals surface area contributed by atoms with Crippen molar-refractivity contribution in [3.8, 4) is 0 Å². The molecule has 2 rings (SSSR count). The Bertz CT molecular complexity index is 472. The second kappa shape index (κ2) is 4.69. The highest BCUT2D eigenvalue weighted by Gasteiger charge is 2.14. The van der Waals surface area contributed by atoms with Gasteiger partial charge in [0.2, 0.25) is 0 Å². The van der Waals surface area contributed by atoms with Crippen LogP contribution in [-0.2, 0) is 13.5 Å². The zero-order valence-electron chi connectivity index (χ0n) is 9.14. The average molecular weight is 301 g/mol. The van der Waals surface area contributed by atoms with E-state index in [1.54, 1.807) is 17.5 Å². The van der Waals surface area contributed by atoms with E-state index in [4.69, 9.17) is 0 Å². The molecule has 2 aromatic rings. The number of aliphatic hydroxyl groups excluding tert-OH is 1. The highest BCUT2D eigenvalue weighted by molar-refractivity contribution is 9.11. The first-order valence-electron chi connectivity index (χ1n) is 4.98. The monoisotopic (exact) mass is 300 g/mol. The Hall–Kier alpha value is -0.650. The number of rotatable bonds is 3. The SMILES string of the molecule is Cc1cc(C(O)Cc2nccn2C)sc1Br. The van der Waals surface area contributed by atoms with Crippen LogP contribution in [0.4, 0.5) is 0 Å². The molecule has 0 spiro atoms. The van der Waals surface area contributed by atoms with E-state index in [-0.39, 0.29) is 0 Å². The molecule has 0 amide bonds. The molecule has 3 nitrogen and oxygen atoms in total. The van der Waals surface area contributed by atoms with Crippen molar-refractivity contribution in [1.29, 1.82) is 0 Å².